The molecule has 5 heteroatoms. The molecule has 0 fully saturated rings. The van der Waals surface area contributed by atoms with E-state index < -0.39 is 0 Å². The predicted octanol–water partition coefficient (Wildman–Crippen LogP) is 4.99. The molecule has 1 aromatic heterocycles. The number of hydrogen-bond donors (Lipinski definition) is 0. The van der Waals surface area contributed by atoms with Gasteiger partial charge >= 0.3 is 0 Å². The minimum Gasteiger partial charge on any atom is -0.316 e. The van der Waals surface area contributed by atoms with Gasteiger partial charge in [0.15, 0.2) is 4.80 Å². The van der Waals surface area contributed by atoms with Crippen LogP contribution in [0.15, 0.2) is 41.4 Å². The summed E-state index contributed by atoms with van der Waals surface area (Å²) in [6.45, 7) is 2.96. The fourth-order valence-corrected chi connectivity index (χ4v) is 5.20. The van der Waals surface area contributed by atoms with E-state index in [1.54, 1.807) is 11.3 Å². The second kappa shape index (κ2) is 8.03. The molecule has 1 amide bonds. The number of carbonyl (C=O) groups is 1. The molecular formula is C22H24N2OS2. The Labute approximate surface area is 168 Å². The Hall–Kier alpha value is -1.85. The minimum absolute atomic E-state index is 0.135. The lowest BCUT2D eigenvalue weighted by atomic mass is 9.90. The summed E-state index contributed by atoms with van der Waals surface area (Å²) >= 11 is 3.41. The monoisotopic (exact) mass is 396 g/mol. The zero-order valence-electron chi connectivity index (χ0n) is 15.8. The van der Waals surface area contributed by atoms with Crippen molar-refractivity contribution in [2.75, 3.05) is 12.0 Å². The van der Waals surface area contributed by atoms with Crippen LogP contribution in [-0.4, -0.2) is 22.5 Å². The first-order valence-corrected chi connectivity index (χ1v) is 11.7. The fraction of sp³-hybridized carbons (Fsp3) is 0.364. The Balaban J connectivity index is 1.76. The van der Waals surface area contributed by atoms with Crippen molar-refractivity contribution in [3.05, 3.63) is 63.5 Å². The summed E-state index contributed by atoms with van der Waals surface area (Å²) in [6.07, 6.45) is 6.78. The predicted molar refractivity (Wildman–Crippen MR) is 116 cm³/mol. The molecule has 0 bridgehead atoms. The molecule has 0 saturated carbocycles. The highest BCUT2D eigenvalue weighted by Gasteiger charge is 2.13. The van der Waals surface area contributed by atoms with E-state index in [9.17, 15) is 4.79 Å². The average Bonchev–Trinajstić information content (AvgIpc) is 3.01. The van der Waals surface area contributed by atoms with Gasteiger partial charge in [0.25, 0.3) is 5.91 Å². The van der Waals surface area contributed by atoms with Crippen molar-refractivity contribution in [2.24, 2.45) is 4.99 Å². The minimum atomic E-state index is -0.135. The maximum atomic E-state index is 12.9. The van der Waals surface area contributed by atoms with Gasteiger partial charge in [-0.05, 0) is 79.8 Å². The van der Waals surface area contributed by atoms with E-state index in [4.69, 9.17) is 0 Å². The van der Waals surface area contributed by atoms with Gasteiger partial charge in [-0.2, -0.15) is 16.8 Å². The third-order valence-corrected chi connectivity index (χ3v) is 6.78. The van der Waals surface area contributed by atoms with Crippen molar-refractivity contribution in [3.63, 3.8) is 0 Å². The van der Waals surface area contributed by atoms with Crippen molar-refractivity contribution in [1.29, 1.82) is 0 Å². The number of carbonyl (C=O) groups excluding carboxylic acids is 1. The number of nitrogens with zero attached hydrogens (tertiary/aromatic N) is 2. The molecule has 0 saturated heterocycles. The van der Waals surface area contributed by atoms with Gasteiger partial charge in [-0.15, -0.1) is 0 Å². The second-order valence-corrected chi connectivity index (χ2v) is 9.10. The lowest BCUT2D eigenvalue weighted by Gasteiger charge is -2.15. The number of fused-ring (bicyclic) bond motifs is 2. The standard InChI is InChI=1S/C22H24N2OS2/c1-15-7-10-19-20(13-15)27-22(24(19)11-12-26-2)23-21(25)18-9-8-16-5-3-4-6-17(16)14-18/h7-10,13-14H,3-6,11-12H2,1-2H3. The Morgan fingerprint density at radius 1 is 1.15 bits per heavy atom. The molecule has 27 heavy (non-hydrogen) atoms. The van der Waals surface area contributed by atoms with E-state index in [0.29, 0.717) is 5.56 Å². The summed E-state index contributed by atoms with van der Waals surface area (Å²) in [6, 6.07) is 12.6. The van der Waals surface area contributed by atoms with Gasteiger partial charge in [-0.3, -0.25) is 4.79 Å². The van der Waals surface area contributed by atoms with Gasteiger partial charge in [-0.25, -0.2) is 0 Å². The molecule has 2 aromatic carbocycles. The van der Waals surface area contributed by atoms with Crippen molar-refractivity contribution >= 4 is 39.2 Å². The maximum absolute atomic E-state index is 12.9. The van der Waals surface area contributed by atoms with Crippen molar-refractivity contribution in [2.45, 2.75) is 39.2 Å². The molecule has 0 spiro atoms. The summed E-state index contributed by atoms with van der Waals surface area (Å²) in [5.74, 6) is 0.865. The molecule has 1 aliphatic rings. The van der Waals surface area contributed by atoms with Crippen LogP contribution in [0.2, 0.25) is 0 Å². The van der Waals surface area contributed by atoms with Gasteiger partial charge in [0.2, 0.25) is 0 Å². The largest absolute Gasteiger partial charge is 0.316 e. The van der Waals surface area contributed by atoms with Crippen LogP contribution in [0.3, 0.4) is 0 Å². The topological polar surface area (TPSA) is 34.4 Å². The molecular weight excluding hydrogens is 372 g/mol. The Morgan fingerprint density at radius 3 is 2.78 bits per heavy atom. The molecule has 1 heterocycles. The highest BCUT2D eigenvalue weighted by Crippen LogP contribution is 2.23. The summed E-state index contributed by atoms with van der Waals surface area (Å²) in [4.78, 5) is 18.2. The molecule has 0 aliphatic heterocycles. The smallest absolute Gasteiger partial charge is 0.279 e. The molecule has 0 radical (unpaired) electrons. The van der Waals surface area contributed by atoms with E-state index in [1.807, 2.05) is 17.8 Å². The van der Waals surface area contributed by atoms with Gasteiger partial charge in [-0.1, -0.05) is 23.5 Å². The third kappa shape index (κ3) is 3.90. The van der Waals surface area contributed by atoms with Crippen molar-refractivity contribution in [3.8, 4) is 0 Å². The van der Waals surface area contributed by atoms with Gasteiger partial charge in [0.1, 0.15) is 0 Å². The second-order valence-electron chi connectivity index (χ2n) is 7.11. The van der Waals surface area contributed by atoms with E-state index in [-0.39, 0.29) is 5.91 Å². The molecule has 3 aromatic rings. The molecule has 0 unspecified atom stereocenters. The summed E-state index contributed by atoms with van der Waals surface area (Å²) in [7, 11) is 0. The average molecular weight is 397 g/mol. The third-order valence-electron chi connectivity index (χ3n) is 5.15. The summed E-state index contributed by atoms with van der Waals surface area (Å²) < 4.78 is 3.37. The lowest BCUT2D eigenvalue weighted by molar-refractivity contribution is 0.0997. The molecule has 0 N–H and O–H groups in total. The number of hydrogen-bond acceptors (Lipinski definition) is 3. The normalized spacial score (nSPS) is 14.5. The first kappa shape index (κ1) is 18.5. The van der Waals surface area contributed by atoms with E-state index in [2.05, 4.69) is 53.1 Å². The molecule has 140 valence electrons. The molecule has 0 atom stereocenters. The molecule has 4 rings (SSSR count). The van der Waals surface area contributed by atoms with Gasteiger partial charge in [0, 0.05) is 17.9 Å². The van der Waals surface area contributed by atoms with Crippen molar-refractivity contribution < 1.29 is 4.79 Å². The fourth-order valence-electron chi connectivity index (χ4n) is 3.68. The van der Waals surface area contributed by atoms with E-state index in [0.717, 1.165) is 35.5 Å². The van der Waals surface area contributed by atoms with Crippen LogP contribution in [-0.2, 0) is 19.4 Å². The highest BCUT2D eigenvalue weighted by atomic mass is 32.2. The first-order valence-electron chi connectivity index (χ1n) is 9.45. The van der Waals surface area contributed by atoms with E-state index in [1.165, 1.54) is 34.2 Å². The number of thiazole rings is 1. The zero-order valence-corrected chi connectivity index (χ0v) is 17.5. The van der Waals surface area contributed by atoms with Crippen LogP contribution in [0.4, 0.5) is 0 Å². The number of aromatic nitrogens is 1. The van der Waals surface area contributed by atoms with Crippen LogP contribution in [0.1, 0.15) is 39.9 Å². The van der Waals surface area contributed by atoms with Crippen LogP contribution in [0.25, 0.3) is 10.2 Å². The first-order chi connectivity index (χ1) is 13.2. The SMILES string of the molecule is CSCCn1c(=NC(=O)c2ccc3c(c2)CCCC3)sc2cc(C)ccc21. The van der Waals surface area contributed by atoms with Crippen LogP contribution in [0, 0.1) is 6.92 Å². The summed E-state index contributed by atoms with van der Waals surface area (Å²) in [5.41, 5.74) is 5.82. The zero-order chi connectivity index (χ0) is 18.8. The van der Waals surface area contributed by atoms with Crippen LogP contribution in [0.5, 0.6) is 0 Å². The number of benzene rings is 2. The number of amides is 1. The lowest BCUT2D eigenvalue weighted by Crippen LogP contribution is -2.18. The van der Waals surface area contributed by atoms with Crippen LogP contribution >= 0.6 is 23.1 Å². The Morgan fingerprint density at radius 2 is 1.96 bits per heavy atom. The Kier molecular flexibility index (Phi) is 5.50. The highest BCUT2D eigenvalue weighted by molar-refractivity contribution is 7.98. The molecule has 1 aliphatic carbocycles. The maximum Gasteiger partial charge on any atom is 0.279 e. The number of thioether (sulfide) groups is 1. The van der Waals surface area contributed by atoms with Gasteiger partial charge in [0.05, 0.1) is 10.2 Å². The Bertz CT molecular complexity index is 1060. The van der Waals surface area contributed by atoms with Crippen LogP contribution < -0.4 is 4.80 Å². The van der Waals surface area contributed by atoms with Gasteiger partial charge < -0.3 is 4.57 Å². The van der Waals surface area contributed by atoms with E-state index >= 15 is 0 Å². The quantitative estimate of drug-likeness (QED) is 0.622. The summed E-state index contributed by atoms with van der Waals surface area (Å²) in [5, 5.41) is 0. The molecule has 3 nitrogen and oxygen atoms in total. The van der Waals surface area contributed by atoms with Crippen molar-refractivity contribution in [1.82, 2.24) is 4.57 Å². The number of rotatable bonds is 4. The number of aryl methyl sites for hydroxylation is 4.